The van der Waals surface area contributed by atoms with E-state index in [1.165, 1.54) is 23.0 Å². The highest BCUT2D eigenvalue weighted by Gasteiger charge is 2.30. The van der Waals surface area contributed by atoms with Crippen LogP contribution in [0.4, 0.5) is 10.1 Å². The van der Waals surface area contributed by atoms with Crippen molar-refractivity contribution >= 4 is 33.4 Å². The minimum atomic E-state index is -0.368. The summed E-state index contributed by atoms with van der Waals surface area (Å²) in [5.41, 5.74) is 10.3. The molecular formula is C24H23FN4O. The number of para-hydroxylation sites is 1. The van der Waals surface area contributed by atoms with Crippen molar-refractivity contribution in [3.8, 4) is 0 Å². The Bertz CT molecular complexity index is 1230. The molecular weight excluding hydrogens is 379 g/mol. The fourth-order valence-corrected chi connectivity index (χ4v) is 4.34. The average molecular weight is 402 g/mol. The summed E-state index contributed by atoms with van der Waals surface area (Å²) in [6.45, 7) is 3.02. The van der Waals surface area contributed by atoms with E-state index < -0.39 is 0 Å². The molecule has 4 aromatic rings. The third kappa shape index (κ3) is 3.24. The van der Waals surface area contributed by atoms with Crippen LogP contribution in [0.5, 0.6) is 0 Å². The molecule has 30 heavy (non-hydrogen) atoms. The molecule has 2 atom stereocenters. The number of hydrazine groups is 1. The molecule has 1 aromatic heterocycles. The maximum Gasteiger partial charge on any atom is 0.242 e. The number of aryl methyl sites for hydroxylation is 1. The SMILES string of the molecule is CCn1c2ccccc2c2cc(NC(=O)C3CC(c4ccc(F)cc4)NN3)ccc21. The molecule has 1 aliphatic rings. The fourth-order valence-electron chi connectivity index (χ4n) is 4.34. The van der Waals surface area contributed by atoms with Crippen molar-refractivity contribution < 1.29 is 9.18 Å². The number of carbonyl (C=O) groups excluding carboxylic acids is 1. The van der Waals surface area contributed by atoms with Gasteiger partial charge in [0.25, 0.3) is 0 Å². The molecule has 0 aliphatic carbocycles. The first-order valence-electron chi connectivity index (χ1n) is 10.2. The van der Waals surface area contributed by atoms with Crippen LogP contribution in [0.3, 0.4) is 0 Å². The van der Waals surface area contributed by atoms with E-state index in [1.54, 1.807) is 12.1 Å². The quantitative estimate of drug-likeness (QED) is 0.471. The third-order valence-corrected chi connectivity index (χ3v) is 5.85. The van der Waals surface area contributed by atoms with Gasteiger partial charge in [-0.2, -0.15) is 0 Å². The molecule has 2 unspecified atom stereocenters. The van der Waals surface area contributed by atoms with E-state index in [-0.39, 0.29) is 23.8 Å². The van der Waals surface area contributed by atoms with Crippen LogP contribution in [-0.2, 0) is 11.3 Å². The second kappa shape index (κ2) is 7.55. The summed E-state index contributed by atoms with van der Waals surface area (Å²) >= 11 is 0. The van der Waals surface area contributed by atoms with Crippen LogP contribution in [0.25, 0.3) is 21.8 Å². The Morgan fingerprint density at radius 1 is 1.03 bits per heavy atom. The van der Waals surface area contributed by atoms with Gasteiger partial charge in [-0.15, -0.1) is 0 Å². The fraction of sp³-hybridized carbons (Fsp3) is 0.208. The Morgan fingerprint density at radius 2 is 1.80 bits per heavy atom. The number of hydrogen-bond acceptors (Lipinski definition) is 3. The molecule has 3 aromatic carbocycles. The van der Waals surface area contributed by atoms with Crippen LogP contribution in [0.1, 0.15) is 24.9 Å². The van der Waals surface area contributed by atoms with Crippen molar-refractivity contribution in [1.82, 2.24) is 15.4 Å². The summed E-state index contributed by atoms with van der Waals surface area (Å²) in [5, 5.41) is 5.35. The molecule has 1 fully saturated rings. The minimum absolute atomic E-state index is 0.0358. The first kappa shape index (κ1) is 18.8. The maximum absolute atomic E-state index is 13.2. The molecule has 3 N–H and O–H groups in total. The molecule has 0 bridgehead atoms. The van der Waals surface area contributed by atoms with Gasteiger partial charge in [-0.05, 0) is 55.3 Å². The van der Waals surface area contributed by atoms with Gasteiger partial charge in [-0.1, -0.05) is 30.3 Å². The van der Waals surface area contributed by atoms with Gasteiger partial charge < -0.3 is 9.88 Å². The van der Waals surface area contributed by atoms with E-state index in [0.29, 0.717) is 6.42 Å². The molecule has 1 amide bonds. The van der Waals surface area contributed by atoms with Crippen LogP contribution >= 0.6 is 0 Å². The summed E-state index contributed by atoms with van der Waals surface area (Å²) in [7, 11) is 0. The van der Waals surface area contributed by atoms with E-state index in [4.69, 9.17) is 0 Å². The van der Waals surface area contributed by atoms with Gasteiger partial charge in [0.05, 0.1) is 0 Å². The Hall–Kier alpha value is -3.22. The molecule has 5 nitrogen and oxygen atoms in total. The summed E-state index contributed by atoms with van der Waals surface area (Å²) < 4.78 is 15.4. The van der Waals surface area contributed by atoms with Crippen molar-refractivity contribution in [1.29, 1.82) is 0 Å². The van der Waals surface area contributed by atoms with Gasteiger partial charge in [0.2, 0.25) is 5.91 Å². The van der Waals surface area contributed by atoms with Gasteiger partial charge in [0, 0.05) is 40.1 Å². The lowest BCUT2D eigenvalue weighted by Gasteiger charge is -2.11. The van der Waals surface area contributed by atoms with Crippen molar-refractivity contribution in [2.45, 2.75) is 32.0 Å². The number of nitrogens with one attached hydrogen (secondary N) is 3. The van der Waals surface area contributed by atoms with E-state index in [1.807, 2.05) is 24.3 Å². The number of amides is 1. The van der Waals surface area contributed by atoms with Crippen LogP contribution in [-0.4, -0.2) is 16.5 Å². The van der Waals surface area contributed by atoms with Crippen molar-refractivity contribution in [2.75, 3.05) is 5.32 Å². The molecule has 1 aliphatic heterocycles. The molecule has 0 spiro atoms. The predicted octanol–water partition coefficient (Wildman–Crippen LogP) is 4.50. The van der Waals surface area contributed by atoms with Crippen molar-refractivity contribution in [3.63, 3.8) is 0 Å². The lowest BCUT2D eigenvalue weighted by Crippen LogP contribution is -2.39. The number of carbonyl (C=O) groups is 1. The number of benzene rings is 3. The number of halogens is 1. The number of anilines is 1. The van der Waals surface area contributed by atoms with E-state index in [2.05, 4.69) is 45.9 Å². The maximum atomic E-state index is 13.2. The summed E-state index contributed by atoms with van der Waals surface area (Å²) in [6.07, 6.45) is 0.592. The number of aromatic nitrogens is 1. The van der Waals surface area contributed by atoms with Crippen molar-refractivity contribution in [3.05, 3.63) is 78.1 Å². The predicted molar refractivity (Wildman–Crippen MR) is 118 cm³/mol. The molecule has 0 radical (unpaired) electrons. The van der Waals surface area contributed by atoms with Gasteiger partial charge in [-0.25, -0.2) is 15.2 Å². The molecule has 0 saturated carbocycles. The van der Waals surface area contributed by atoms with E-state index in [9.17, 15) is 9.18 Å². The number of fused-ring (bicyclic) bond motifs is 3. The number of rotatable bonds is 4. The van der Waals surface area contributed by atoms with Gasteiger partial charge in [0.15, 0.2) is 0 Å². The normalized spacial score (nSPS) is 18.9. The molecule has 152 valence electrons. The van der Waals surface area contributed by atoms with Crippen LogP contribution in [0.2, 0.25) is 0 Å². The Morgan fingerprint density at radius 3 is 2.60 bits per heavy atom. The van der Waals surface area contributed by atoms with Crippen LogP contribution in [0, 0.1) is 5.82 Å². The van der Waals surface area contributed by atoms with Gasteiger partial charge >= 0.3 is 0 Å². The van der Waals surface area contributed by atoms with Crippen LogP contribution in [0.15, 0.2) is 66.7 Å². The Balaban J connectivity index is 1.36. The second-order valence-corrected chi connectivity index (χ2v) is 7.66. The summed E-state index contributed by atoms with van der Waals surface area (Å²) in [6, 6.07) is 20.3. The first-order valence-corrected chi connectivity index (χ1v) is 10.2. The van der Waals surface area contributed by atoms with Gasteiger partial charge in [-0.3, -0.25) is 4.79 Å². The molecule has 1 saturated heterocycles. The van der Waals surface area contributed by atoms with E-state index in [0.717, 1.165) is 28.7 Å². The van der Waals surface area contributed by atoms with E-state index >= 15 is 0 Å². The summed E-state index contributed by atoms with van der Waals surface area (Å²) in [4.78, 5) is 12.8. The highest BCUT2D eigenvalue weighted by Crippen LogP contribution is 2.31. The second-order valence-electron chi connectivity index (χ2n) is 7.66. The third-order valence-electron chi connectivity index (χ3n) is 5.85. The zero-order chi connectivity index (χ0) is 20.7. The van der Waals surface area contributed by atoms with Crippen LogP contribution < -0.4 is 16.2 Å². The smallest absolute Gasteiger partial charge is 0.242 e. The number of hydrogen-bond donors (Lipinski definition) is 3. The average Bonchev–Trinajstić information content (AvgIpc) is 3.37. The molecule has 6 heteroatoms. The standard InChI is InChI=1S/C24H23FN4O/c1-2-29-22-6-4-3-5-18(22)19-13-17(11-12-23(19)29)26-24(30)21-14-20(27-28-21)15-7-9-16(25)10-8-15/h3-13,20-21,27-28H,2,14H2,1H3,(H,26,30). The lowest BCUT2D eigenvalue weighted by atomic mass is 10.0. The first-order chi connectivity index (χ1) is 14.6. The summed E-state index contributed by atoms with van der Waals surface area (Å²) in [5.74, 6) is -0.357. The number of nitrogens with zero attached hydrogens (tertiary/aromatic N) is 1. The highest BCUT2D eigenvalue weighted by atomic mass is 19.1. The zero-order valence-corrected chi connectivity index (χ0v) is 16.7. The Labute approximate surface area is 173 Å². The topological polar surface area (TPSA) is 58.1 Å². The molecule has 5 rings (SSSR count). The monoisotopic (exact) mass is 402 g/mol. The minimum Gasteiger partial charge on any atom is -0.341 e. The Kier molecular flexibility index (Phi) is 4.73. The highest BCUT2D eigenvalue weighted by molar-refractivity contribution is 6.10. The lowest BCUT2D eigenvalue weighted by molar-refractivity contribution is -0.117. The largest absolute Gasteiger partial charge is 0.341 e. The zero-order valence-electron chi connectivity index (χ0n) is 16.7. The van der Waals surface area contributed by atoms with Gasteiger partial charge in [0.1, 0.15) is 11.9 Å². The molecule has 2 heterocycles. The van der Waals surface area contributed by atoms with Crippen molar-refractivity contribution in [2.24, 2.45) is 0 Å².